The molecule has 2 rings (SSSR count). The lowest BCUT2D eigenvalue weighted by atomic mass is 9.95. The fourth-order valence-corrected chi connectivity index (χ4v) is 3.17. The molecule has 0 heterocycles. The molecular formula is C16H25N3O3. The summed E-state index contributed by atoms with van der Waals surface area (Å²) in [6.45, 7) is 0.794. The topological polar surface area (TPSA) is 87.4 Å². The van der Waals surface area contributed by atoms with Crippen molar-refractivity contribution < 1.29 is 10.0 Å². The van der Waals surface area contributed by atoms with Gasteiger partial charge in [0.25, 0.3) is 5.69 Å². The minimum absolute atomic E-state index is 0.0985. The van der Waals surface area contributed by atoms with E-state index in [-0.39, 0.29) is 29.2 Å². The van der Waals surface area contributed by atoms with E-state index in [1.807, 2.05) is 6.07 Å². The van der Waals surface area contributed by atoms with E-state index >= 15 is 0 Å². The Labute approximate surface area is 131 Å². The van der Waals surface area contributed by atoms with E-state index in [1.165, 1.54) is 19.3 Å². The van der Waals surface area contributed by atoms with E-state index in [2.05, 4.69) is 10.6 Å². The third-order valence-electron chi connectivity index (χ3n) is 4.49. The van der Waals surface area contributed by atoms with Crippen molar-refractivity contribution in [3.8, 4) is 0 Å². The molecule has 1 aliphatic carbocycles. The van der Waals surface area contributed by atoms with Gasteiger partial charge in [0.15, 0.2) is 0 Å². The van der Waals surface area contributed by atoms with E-state index in [0.717, 1.165) is 18.4 Å². The number of nitro groups is 1. The van der Waals surface area contributed by atoms with Crippen LogP contribution in [0.1, 0.15) is 37.7 Å². The molecule has 6 heteroatoms. The molecular weight excluding hydrogens is 282 g/mol. The van der Waals surface area contributed by atoms with Gasteiger partial charge in [-0.3, -0.25) is 10.1 Å². The van der Waals surface area contributed by atoms with Gasteiger partial charge in [-0.2, -0.15) is 0 Å². The number of aliphatic hydroxyl groups is 1. The SMILES string of the molecule is CNc1ccc(CNC2CCCCCC2CO)cc1[N+](=O)[O-]. The maximum atomic E-state index is 11.1. The summed E-state index contributed by atoms with van der Waals surface area (Å²) in [6.07, 6.45) is 5.67. The van der Waals surface area contributed by atoms with E-state index in [9.17, 15) is 15.2 Å². The van der Waals surface area contributed by atoms with Crippen LogP contribution in [0.5, 0.6) is 0 Å². The maximum absolute atomic E-state index is 11.1. The monoisotopic (exact) mass is 307 g/mol. The number of anilines is 1. The van der Waals surface area contributed by atoms with Gasteiger partial charge in [-0.05, 0) is 30.4 Å². The van der Waals surface area contributed by atoms with Crippen LogP contribution in [0.25, 0.3) is 0 Å². The van der Waals surface area contributed by atoms with Crippen LogP contribution in [0.15, 0.2) is 18.2 Å². The number of aliphatic hydroxyl groups excluding tert-OH is 1. The summed E-state index contributed by atoms with van der Waals surface area (Å²) in [6, 6.07) is 5.54. The number of hydrogen-bond donors (Lipinski definition) is 3. The van der Waals surface area contributed by atoms with Crippen LogP contribution in [-0.4, -0.2) is 29.7 Å². The van der Waals surface area contributed by atoms with Crippen LogP contribution in [0, 0.1) is 16.0 Å². The Bertz CT molecular complexity index is 507. The van der Waals surface area contributed by atoms with Gasteiger partial charge >= 0.3 is 0 Å². The van der Waals surface area contributed by atoms with Crippen LogP contribution in [-0.2, 0) is 6.54 Å². The summed E-state index contributed by atoms with van der Waals surface area (Å²) in [5.74, 6) is 0.286. The number of nitrogens with one attached hydrogen (secondary N) is 2. The van der Waals surface area contributed by atoms with Crippen LogP contribution < -0.4 is 10.6 Å². The Hall–Kier alpha value is -1.66. The lowest BCUT2D eigenvalue weighted by molar-refractivity contribution is -0.384. The summed E-state index contributed by atoms with van der Waals surface area (Å²) < 4.78 is 0. The molecule has 1 aromatic rings. The molecule has 1 saturated carbocycles. The van der Waals surface area contributed by atoms with Crippen LogP contribution in [0.3, 0.4) is 0 Å². The lowest BCUT2D eigenvalue weighted by Crippen LogP contribution is -2.36. The van der Waals surface area contributed by atoms with E-state index in [4.69, 9.17) is 0 Å². The van der Waals surface area contributed by atoms with Crippen LogP contribution in [0.4, 0.5) is 11.4 Å². The summed E-state index contributed by atoms with van der Waals surface area (Å²) in [5, 5.41) is 26.9. The van der Waals surface area contributed by atoms with Gasteiger partial charge in [0, 0.05) is 32.3 Å². The molecule has 1 aliphatic rings. The smallest absolute Gasteiger partial charge is 0.292 e. The Morgan fingerprint density at radius 2 is 2.09 bits per heavy atom. The lowest BCUT2D eigenvalue weighted by Gasteiger charge is -2.24. The molecule has 0 saturated heterocycles. The van der Waals surface area contributed by atoms with Gasteiger partial charge in [-0.25, -0.2) is 0 Å². The molecule has 0 amide bonds. The highest BCUT2D eigenvalue weighted by Gasteiger charge is 2.23. The number of hydrogen-bond acceptors (Lipinski definition) is 5. The minimum Gasteiger partial charge on any atom is -0.396 e. The number of benzene rings is 1. The van der Waals surface area contributed by atoms with Crippen molar-refractivity contribution in [1.29, 1.82) is 0 Å². The van der Waals surface area contributed by atoms with E-state index in [0.29, 0.717) is 12.2 Å². The third kappa shape index (κ3) is 4.18. The Balaban J connectivity index is 2.03. The largest absolute Gasteiger partial charge is 0.396 e. The molecule has 2 atom stereocenters. The second-order valence-electron chi connectivity index (χ2n) is 5.93. The van der Waals surface area contributed by atoms with Crippen molar-refractivity contribution in [2.75, 3.05) is 19.0 Å². The first kappa shape index (κ1) is 16.7. The zero-order valence-corrected chi connectivity index (χ0v) is 13.0. The molecule has 0 aromatic heterocycles. The summed E-state index contributed by atoms with van der Waals surface area (Å²) in [7, 11) is 1.68. The predicted molar refractivity (Wildman–Crippen MR) is 86.9 cm³/mol. The van der Waals surface area contributed by atoms with Gasteiger partial charge in [0.05, 0.1) is 4.92 Å². The number of rotatable bonds is 6. The quantitative estimate of drug-likeness (QED) is 0.427. The predicted octanol–water partition coefficient (Wildman–Crippen LogP) is 2.67. The highest BCUT2D eigenvalue weighted by molar-refractivity contribution is 5.62. The second kappa shape index (κ2) is 8.10. The second-order valence-corrected chi connectivity index (χ2v) is 5.93. The standard InChI is InChI=1S/C16H25N3O3/c1-17-15-8-7-12(9-16(15)19(21)22)10-18-14-6-4-2-3-5-13(14)11-20/h7-9,13-14,17-18,20H,2-6,10-11H2,1H3. The molecule has 0 spiro atoms. The number of nitrogens with zero attached hydrogens (tertiary/aromatic N) is 1. The highest BCUT2D eigenvalue weighted by atomic mass is 16.6. The molecule has 2 unspecified atom stereocenters. The van der Waals surface area contributed by atoms with Crippen molar-refractivity contribution in [1.82, 2.24) is 5.32 Å². The summed E-state index contributed by atoms with van der Waals surface area (Å²) >= 11 is 0. The molecule has 1 aromatic carbocycles. The first-order valence-electron chi connectivity index (χ1n) is 7.95. The van der Waals surface area contributed by atoms with Crippen molar-refractivity contribution in [3.05, 3.63) is 33.9 Å². The Morgan fingerprint density at radius 1 is 1.32 bits per heavy atom. The molecule has 3 N–H and O–H groups in total. The Kier molecular flexibility index (Phi) is 6.15. The molecule has 122 valence electrons. The zero-order chi connectivity index (χ0) is 15.9. The fraction of sp³-hybridized carbons (Fsp3) is 0.625. The fourth-order valence-electron chi connectivity index (χ4n) is 3.17. The molecule has 6 nitrogen and oxygen atoms in total. The van der Waals surface area contributed by atoms with Crippen molar-refractivity contribution >= 4 is 11.4 Å². The number of nitro benzene ring substituents is 1. The average Bonchev–Trinajstić information content (AvgIpc) is 2.77. The molecule has 0 bridgehead atoms. The van der Waals surface area contributed by atoms with Crippen molar-refractivity contribution in [3.63, 3.8) is 0 Å². The molecule has 1 fully saturated rings. The first-order chi connectivity index (χ1) is 10.7. The van der Waals surface area contributed by atoms with Gasteiger partial charge in [-0.1, -0.05) is 25.3 Å². The van der Waals surface area contributed by atoms with Crippen molar-refractivity contribution in [2.24, 2.45) is 5.92 Å². The van der Waals surface area contributed by atoms with E-state index < -0.39 is 0 Å². The van der Waals surface area contributed by atoms with Gasteiger partial charge < -0.3 is 15.7 Å². The normalized spacial score (nSPS) is 22.1. The summed E-state index contributed by atoms with van der Waals surface area (Å²) in [4.78, 5) is 10.7. The van der Waals surface area contributed by atoms with E-state index in [1.54, 1.807) is 19.2 Å². The van der Waals surface area contributed by atoms with Gasteiger partial charge in [0.1, 0.15) is 5.69 Å². The minimum atomic E-state index is -0.364. The van der Waals surface area contributed by atoms with Crippen LogP contribution in [0.2, 0.25) is 0 Å². The Morgan fingerprint density at radius 3 is 2.77 bits per heavy atom. The molecule has 0 radical (unpaired) electrons. The molecule has 22 heavy (non-hydrogen) atoms. The molecule has 0 aliphatic heterocycles. The zero-order valence-electron chi connectivity index (χ0n) is 13.0. The van der Waals surface area contributed by atoms with Crippen molar-refractivity contribution in [2.45, 2.75) is 44.7 Å². The maximum Gasteiger partial charge on any atom is 0.292 e. The third-order valence-corrected chi connectivity index (χ3v) is 4.49. The summed E-state index contributed by atoms with van der Waals surface area (Å²) in [5.41, 5.74) is 1.52. The van der Waals surface area contributed by atoms with Gasteiger partial charge in [-0.15, -0.1) is 0 Å². The average molecular weight is 307 g/mol. The van der Waals surface area contributed by atoms with Crippen LogP contribution >= 0.6 is 0 Å². The highest BCUT2D eigenvalue weighted by Crippen LogP contribution is 2.26. The first-order valence-corrected chi connectivity index (χ1v) is 7.95. The van der Waals surface area contributed by atoms with Gasteiger partial charge in [0.2, 0.25) is 0 Å².